The second kappa shape index (κ2) is 6.00. The van der Waals surface area contributed by atoms with Crippen LogP contribution >= 0.6 is 11.8 Å². The predicted molar refractivity (Wildman–Crippen MR) is 58.1 cm³/mol. The SMILES string of the molecule is CNCC(C)CSc1ccccn1. The van der Waals surface area contributed by atoms with Gasteiger partial charge in [0.2, 0.25) is 0 Å². The van der Waals surface area contributed by atoms with Gasteiger partial charge in [-0.2, -0.15) is 0 Å². The van der Waals surface area contributed by atoms with Crippen LogP contribution in [-0.4, -0.2) is 24.3 Å². The van der Waals surface area contributed by atoms with Crippen LogP contribution in [0.4, 0.5) is 0 Å². The van der Waals surface area contributed by atoms with Crippen LogP contribution in [0.1, 0.15) is 6.92 Å². The summed E-state index contributed by atoms with van der Waals surface area (Å²) in [5, 5.41) is 4.29. The quantitative estimate of drug-likeness (QED) is 0.729. The molecule has 1 aromatic heterocycles. The van der Waals surface area contributed by atoms with E-state index in [2.05, 4.69) is 23.3 Å². The summed E-state index contributed by atoms with van der Waals surface area (Å²) in [6.45, 7) is 3.31. The molecule has 1 aromatic rings. The first-order chi connectivity index (χ1) is 6.33. The Morgan fingerprint density at radius 1 is 1.54 bits per heavy atom. The van der Waals surface area contributed by atoms with Crippen LogP contribution < -0.4 is 5.32 Å². The van der Waals surface area contributed by atoms with Crippen LogP contribution in [0.15, 0.2) is 29.4 Å². The Bertz CT molecular complexity index is 226. The lowest BCUT2D eigenvalue weighted by Crippen LogP contribution is -2.17. The number of hydrogen-bond acceptors (Lipinski definition) is 3. The number of thioether (sulfide) groups is 1. The molecule has 0 fully saturated rings. The van der Waals surface area contributed by atoms with E-state index in [1.807, 2.05) is 37.1 Å². The average molecular weight is 196 g/mol. The Morgan fingerprint density at radius 2 is 2.38 bits per heavy atom. The van der Waals surface area contributed by atoms with Gasteiger partial charge in [0, 0.05) is 11.9 Å². The van der Waals surface area contributed by atoms with Gasteiger partial charge in [0.25, 0.3) is 0 Å². The standard InChI is InChI=1S/C10H16N2S/c1-9(7-11-2)8-13-10-5-3-4-6-12-10/h3-6,9,11H,7-8H2,1-2H3. The largest absolute Gasteiger partial charge is 0.319 e. The van der Waals surface area contributed by atoms with Crippen LogP contribution in [0.3, 0.4) is 0 Å². The van der Waals surface area contributed by atoms with Crippen molar-refractivity contribution in [3.63, 3.8) is 0 Å². The van der Waals surface area contributed by atoms with E-state index in [0.717, 1.165) is 17.3 Å². The lowest BCUT2D eigenvalue weighted by atomic mass is 10.2. The molecule has 0 aromatic carbocycles. The van der Waals surface area contributed by atoms with E-state index in [1.54, 1.807) is 0 Å². The molecule has 1 heterocycles. The molecule has 2 nitrogen and oxygen atoms in total. The van der Waals surface area contributed by atoms with Gasteiger partial charge in [-0.05, 0) is 31.6 Å². The second-order valence-corrected chi connectivity index (χ2v) is 4.18. The Labute approximate surface area is 84.1 Å². The normalized spacial score (nSPS) is 12.8. The van der Waals surface area contributed by atoms with Gasteiger partial charge in [-0.1, -0.05) is 13.0 Å². The molecule has 13 heavy (non-hydrogen) atoms. The van der Waals surface area contributed by atoms with Gasteiger partial charge in [0.15, 0.2) is 0 Å². The minimum Gasteiger partial charge on any atom is -0.319 e. The van der Waals surface area contributed by atoms with Crippen molar-refractivity contribution in [2.45, 2.75) is 11.9 Å². The van der Waals surface area contributed by atoms with Gasteiger partial charge >= 0.3 is 0 Å². The number of aromatic nitrogens is 1. The van der Waals surface area contributed by atoms with E-state index < -0.39 is 0 Å². The van der Waals surface area contributed by atoms with E-state index in [9.17, 15) is 0 Å². The first-order valence-electron chi connectivity index (χ1n) is 4.51. The second-order valence-electron chi connectivity index (χ2n) is 3.14. The average Bonchev–Trinajstić information content (AvgIpc) is 2.17. The molecule has 0 amide bonds. The van der Waals surface area contributed by atoms with E-state index in [-0.39, 0.29) is 0 Å². The molecule has 0 bridgehead atoms. The van der Waals surface area contributed by atoms with E-state index in [4.69, 9.17) is 0 Å². The summed E-state index contributed by atoms with van der Waals surface area (Å²) >= 11 is 1.82. The van der Waals surface area contributed by atoms with E-state index in [0.29, 0.717) is 5.92 Å². The zero-order valence-corrected chi connectivity index (χ0v) is 8.97. The van der Waals surface area contributed by atoms with Gasteiger partial charge in [-0.25, -0.2) is 4.98 Å². The molecule has 1 N–H and O–H groups in total. The summed E-state index contributed by atoms with van der Waals surface area (Å²) in [6, 6.07) is 6.02. The maximum absolute atomic E-state index is 4.25. The third-order valence-electron chi connectivity index (χ3n) is 1.71. The predicted octanol–water partition coefficient (Wildman–Crippen LogP) is 2.03. The first-order valence-corrected chi connectivity index (χ1v) is 5.50. The van der Waals surface area contributed by atoms with Gasteiger partial charge in [-0.3, -0.25) is 0 Å². The Kier molecular flexibility index (Phi) is 4.86. The van der Waals surface area contributed by atoms with Gasteiger partial charge in [0.1, 0.15) is 0 Å². The van der Waals surface area contributed by atoms with Crippen LogP contribution in [0.5, 0.6) is 0 Å². The van der Waals surface area contributed by atoms with Crippen molar-refractivity contribution in [1.82, 2.24) is 10.3 Å². The van der Waals surface area contributed by atoms with Crippen molar-refractivity contribution < 1.29 is 0 Å². The maximum Gasteiger partial charge on any atom is 0.0959 e. The summed E-state index contributed by atoms with van der Waals surface area (Å²) in [4.78, 5) is 4.25. The maximum atomic E-state index is 4.25. The van der Waals surface area contributed by atoms with Crippen molar-refractivity contribution in [2.75, 3.05) is 19.3 Å². The molecule has 72 valence electrons. The highest BCUT2D eigenvalue weighted by Crippen LogP contribution is 2.16. The number of rotatable bonds is 5. The van der Waals surface area contributed by atoms with Gasteiger partial charge < -0.3 is 5.32 Å². The first kappa shape index (κ1) is 10.5. The number of pyridine rings is 1. The fraction of sp³-hybridized carbons (Fsp3) is 0.500. The van der Waals surface area contributed by atoms with Crippen LogP contribution in [0.2, 0.25) is 0 Å². The molecule has 0 spiro atoms. The summed E-state index contributed by atoms with van der Waals surface area (Å²) in [6.07, 6.45) is 1.84. The number of nitrogens with one attached hydrogen (secondary N) is 1. The minimum absolute atomic E-state index is 0.692. The highest BCUT2D eigenvalue weighted by atomic mass is 32.2. The van der Waals surface area contributed by atoms with Crippen molar-refractivity contribution in [1.29, 1.82) is 0 Å². The van der Waals surface area contributed by atoms with Crippen molar-refractivity contribution >= 4 is 11.8 Å². The summed E-state index contributed by atoms with van der Waals surface area (Å²) in [5.74, 6) is 1.81. The van der Waals surface area contributed by atoms with Crippen LogP contribution in [0.25, 0.3) is 0 Å². The fourth-order valence-corrected chi connectivity index (χ4v) is 1.95. The Balaban J connectivity index is 2.27. The smallest absolute Gasteiger partial charge is 0.0959 e. The van der Waals surface area contributed by atoms with E-state index in [1.165, 1.54) is 0 Å². The van der Waals surface area contributed by atoms with Gasteiger partial charge in [-0.15, -0.1) is 11.8 Å². The summed E-state index contributed by atoms with van der Waals surface area (Å²) in [7, 11) is 1.99. The molecule has 0 aliphatic carbocycles. The molecule has 0 aliphatic heterocycles. The molecular weight excluding hydrogens is 180 g/mol. The zero-order chi connectivity index (χ0) is 9.52. The fourth-order valence-electron chi connectivity index (χ4n) is 1.07. The molecule has 1 atom stereocenters. The highest BCUT2D eigenvalue weighted by Gasteiger charge is 2.01. The van der Waals surface area contributed by atoms with E-state index >= 15 is 0 Å². The molecule has 0 aliphatic rings. The minimum atomic E-state index is 0.692. The lowest BCUT2D eigenvalue weighted by molar-refractivity contribution is 0.603. The van der Waals surface area contributed by atoms with Crippen LogP contribution in [-0.2, 0) is 0 Å². The molecule has 3 heteroatoms. The van der Waals surface area contributed by atoms with Gasteiger partial charge in [0.05, 0.1) is 5.03 Å². The lowest BCUT2D eigenvalue weighted by Gasteiger charge is -2.08. The van der Waals surface area contributed by atoms with Crippen LogP contribution in [0, 0.1) is 5.92 Å². The molecule has 0 radical (unpaired) electrons. The Hall–Kier alpha value is -0.540. The third-order valence-corrected chi connectivity index (χ3v) is 2.98. The highest BCUT2D eigenvalue weighted by molar-refractivity contribution is 7.99. The van der Waals surface area contributed by atoms with Crippen molar-refractivity contribution in [2.24, 2.45) is 5.92 Å². The molecule has 0 saturated carbocycles. The molecule has 0 saturated heterocycles. The number of nitrogens with zero attached hydrogens (tertiary/aromatic N) is 1. The summed E-state index contributed by atoms with van der Waals surface area (Å²) < 4.78 is 0. The topological polar surface area (TPSA) is 24.9 Å². The van der Waals surface area contributed by atoms with Crippen molar-refractivity contribution in [3.8, 4) is 0 Å². The zero-order valence-electron chi connectivity index (χ0n) is 8.16. The van der Waals surface area contributed by atoms with Crippen molar-refractivity contribution in [3.05, 3.63) is 24.4 Å². The monoisotopic (exact) mass is 196 g/mol. The Morgan fingerprint density at radius 3 is 3.00 bits per heavy atom. The third kappa shape index (κ3) is 4.29. The molecule has 1 rings (SSSR count). The summed E-state index contributed by atoms with van der Waals surface area (Å²) in [5.41, 5.74) is 0. The molecule has 1 unspecified atom stereocenters. The molecular formula is C10H16N2S. The number of hydrogen-bond donors (Lipinski definition) is 1.